The predicted octanol–water partition coefficient (Wildman–Crippen LogP) is 6.99. The molecule has 6 rings (SSSR count). The third-order valence-corrected chi connectivity index (χ3v) is 8.05. The minimum absolute atomic E-state index is 0.0355. The highest BCUT2D eigenvalue weighted by atomic mass is 28.1. The van der Waals surface area contributed by atoms with Crippen LogP contribution in [0.2, 0.25) is 6.04 Å². The van der Waals surface area contributed by atoms with Crippen molar-refractivity contribution in [1.82, 2.24) is 0 Å². The molecule has 0 spiro atoms. The van der Waals surface area contributed by atoms with Gasteiger partial charge in [-0.15, -0.1) is 0 Å². The molecule has 3 aromatic carbocycles. The van der Waals surface area contributed by atoms with E-state index in [2.05, 4.69) is 119 Å². The molecule has 0 amide bonds. The SMILES string of the molecule is [Si]CC(C1C=Cc2ccccc21)(C1C=Cc2ccccc21)C1C=Cc2ccccc21. The Balaban J connectivity index is 1.60. The highest BCUT2D eigenvalue weighted by Crippen LogP contribution is 2.63. The molecule has 0 aromatic heterocycles. The van der Waals surface area contributed by atoms with Crippen LogP contribution in [0.5, 0.6) is 0 Å². The summed E-state index contributed by atoms with van der Waals surface area (Å²) in [6.07, 6.45) is 14.3. The Hall–Kier alpha value is -2.90. The van der Waals surface area contributed by atoms with Crippen molar-refractivity contribution in [2.24, 2.45) is 5.41 Å². The summed E-state index contributed by atoms with van der Waals surface area (Å²) in [5, 5.41) is 0. The minimum Gasteiger partial charge on any atom is -0.0758 e. The van der Waals surface area contributed by atoms with Crippen molar-refractivity contribution in [3.05, 3.63) is 124 Å². The highest BCUT2D eigenvalue weighted by Gasteiger charge is 2.52. The summed E-state index contributed by atoms with van der Waals surface area (Å²) in [5.74, 6) is 1.02. The molecular weight excluding hydrogens is 376 g/mol. The Morgan fingerprint density at radius 1 is 0.533 bits per heavy atom. The number of hydrogen-bond acceptors (Lipinski definition) is 0. The first kappa shape index (κ1) is 17.9. The van der Waals surface area contributed by atoms with Crippen LogP contribution in [0.15, 0.2) is 91.0 Å². The number of benzene rings is 3. The van der Waals surface area contributed by atoms with Gasteiger partial charge in [0.15, 0.2) is 0 Å². The van der Waals surface area contributed by atoms with Gasteiger partial charge in [-0.1, -0.05) is 115 Å². The molecule has 0 N–H and O–H groups in total. The number of rotatable bonds is 4. The maximum Gasteiger partial charge on any atom is 0.0229 e. The van der Waals surface area contributed by atoms with E-state index in [-0.39, 0.29) is 5.41 Å². The van der Waals surface area contributed by atoms with Gasteiger partial charge in [-0.05, 0) is 38.8 Å². The van der Waals surface area contributed by atoms with Crippen LogP contribution in [0.1, 0.15) is 51.1 Å². The molecule has 1 heteroatoms. The Bertz CT molecular complexity index is 1060. The van der Waals surface area contributed by atoms with Crippen molar-refractivity contribution in [2.45, 2.75) is 23.8 Å². The summed E-state index contributed by atoms with van der Waals surface area (Å²) in [6.45, 7) is 0. The first-order valence-electron chi connectivity index (χ1n) is 10.8. The van der Waals surface area contributed by atoms with E-state index in [0.717, 1.165) is 6.04 Å². The van der Waals surface area contributed by atoms with Crippen molar-refractivity contribution in [3.8, 4) is 0 Å². The predicted molar refractivity (Wildman–Crippen MR) is 128 cm³/mol. The molecule has 3 atom stereocenters. The van der Waals surface area contributed by atoms with E-state index in [1.165, 1.54) is 33.4 Å². The molecule has 3 aliphatic carbocycles. The average Bonchev–Trinajstić information content (AvgIpc) is 3.53. The van der Waals surface area contributed by atoms with Gasteiger partial charge < -0.3 is 0 Å². The second-order valence-corrected chi connectivity index (χ2v) is 9.04. The molecule has 3 aromatic rings. The lowest BCUT2D eigenvalue weighted by Crippen LogP contribution is -2.38. The Labute approximate surface area is 182 Å². The van der Waals surface area contributed by atoms with E-state index < -0.39 is 0 Å². The van der Waals surface area contributed by atoms with Gasteiger partial charge in [0.25, 0.3) is 0 Å². The van der Waals surface area contributed by atoms with Crippen molar-refractivity contribution in [3.63, 3.8) is 0 Å². The molecule has 3 aliphatic rings. The Morgan fingerprint density at radius 2 is 0.867 bits per heavy atom. The summed E-state index contributed by atoms with van der Waals surface area (Å²) < 4.78 is 0. The lowest BCUT2D eigenvalue weighted by molar-refractivity contribution is 0.227. The van der Waals surface area contributed by atoms with E-state index in [4.69, 9.17) is 0 Å². The lowest BCUT2D eigenvalue weighted by atomic mass is 9.57. The molecule has 30 heavy (non-hydrogen) atoms. The monoisotopic (exact) mass is 399 g/mol. The topological polar surface area (TPSA) is 0 Å². The summed E-state index contributed by atoms with van der Waals surface area (Å²) >= 11 is 0. The van der Waals surface area contributed by atoms with Gasteiger partial charge in [0.1, 0.15) is 0 Å². The number of hydrogen-bond donors (Lipinski definition) is 0. The second-order valence-electron chi connectivity index (χ2n) is 8.69. The van der Waals surface area contributed by atoms with Gasteiger partial charge in [0.05, 0.1) is 0 Å². The molecular formula is C29H23Si. The van der Waals surface area contributed by atoms with Crippen molar-refractivity contribution < 1.29 is 0 Å². The molecule has 3 radical (unpaired) electrons. The van der Waals surface area contributed by atoms with Crippen LogP contribution < -0.4 is 0 Å². The zero-order valence-electron chi connectivity index (χ0n) is 16.8. The molecule has 0 nitrogen and oxygen atoms in total. The van der Waals surface area contributed by atoms with Crippen LogP contribution in [-0.2, 0) is 0 Å². The van der Waals surface area contributed by atoms with Crippen LogP contribution in [0, 0.1) is 5.41 Å². The largest absolute Gasteiger partial charge is 0.0758 e. The smallest absolute Gasteiger partial charge is 0.0229 e. The fourth-order valence-electron chi connectivity index (χ4n) is 6.06. The normalized spacial score (nSPS) is 24.5. The standard InChI is InChI=1S/C29H23Si/c30-19-29(26-16-13-20-7-1-4-10-23(20)26,27-17-14-21-8-2-5-11-24(21)27)28-18-15-22-9-3-6-12-25(22)28/h1-18,26-28H,19H2. The highest BCUT2D eigenvalue weighted by molar-refractivity contribution is 6.09. The summed E-state index contributed by atoms with van der Waals surface area (Å²) in [5.41, 5.74) is 8.39. The van der Waals surface area contributed by atoms with Gasteiger partial charge in [-0.3, -0.25) is 0 Å². The molecule has 0 heterocycles. The van der Waals surface area contributed by atoms with Crippen LogP contribution in [0.4, 0.5) is 0 Å². The number of allylic oxidation sites excluding steroid dienone is 3. The molecule has 3 unspecified atom stereocenters. The minimum atomic E-state index is -0.0355. The zero-order chi connectivity index (χ0) is 20.1. The van der Waals surface area contributed by atoms with Gasteiger partial charge in [-0.25, -0.2) is 0 Å². The van der Waals surface area contributed by atoms with Crippen LogP contribution in [0.25, 0.3) is 18.2 Å². The van der Waals surface area contributed by atoms with Gasteiger partial charge in [0, 0.05) is 28.0 Å². The molecule has 0 saturated carbocycles. The van der Waals surface area contributed by atoms with Crippen molar-refractivity contribution in [1.29, 1.82) is 0 Å². The van der Waals surface area contributed by atoms with E-state index in [0.29, 0.717) is 17.8 Å². The Morgan fingerprint density at radius 3 is 1.20 bits per heavy atom. The maximum absolute atomic E-state index is 4.12. The Kier molecular flexibility index (Phi) is 4.07. The molecule has 143 valence electrons. The van der Waals surface area contributed by atoms with Gasteiger partial charge in [0.2, 0.25) is 0 Å². The van der Waals surface area contributed by atoms with Gasteiger partial charge >= 0.3 is 0 Å². The second kappa shape index (κ2) is 6.82. The first-order valence-corrected chi connectivity index (χ1v) is 11.5. The summed E-state index contributed by atoms with van der Waals surface area (Å²) in [7, 11) is 4.12. The van der Waals surface area contributed by atoms with Crippen LogP contribution >= 0.6 is 0 Å². The zero-order valence-corrected chi connectivity index (χ0v) is 17.8. The third-order valence-electron chi connectivity index (χ3n) is 7.44. The van der Waals surface area contributed by atoms with Crippen LogP contribution in [-0.4, -0.2) is 10.2 Å². The van der Waals surface area contributed by atoms with Gasteiger partial charge in [-0.2, -0.15) is 0 Å². The number of fused-ring (bicyclic) bond motifs is 3. The third kappa shape index (κ3) is 2.39. The quantitative estimate of drug-likeness (QED) is 0.415. The van der Waals surface area contributed by atoms with Crippen molar-refractivity contribution >= 4 is 28.5 Å². The summed E-state index contributed by atoms with van der Waals surface area (Å²) in [4.78, 5) is 0. The molecule has 0 aliphatic heterocycles. The fraction of sp³-hybridized carbons (Fsp3) is 0.172. The van der Waals surface area contributed by atoms with E-state index >= 15 is 0 Å². The van der Waals surface area contributed by atoms with Crippen molar-refractivity contribution in [2.75, 3.05) is 0 Å². The molecule has 0 fully saturated rings. The average molecular weight is 400 g/mol. The molecule has 0 bridgehead atoms. The first-order chi connectivity index (χ1) is 14.8. The van der Waals surface area contributed by atoms with E-state index in [1.807, 2.05) is 0 Å². The maximum atomic E-state index is 4.12. The fourth-order valence-corrected chi connectivity index (χ4v) is 6.72. The van der Waals surface area contributed by atoms with E-state index in [1.54, 1.807) is 0 Å². The van der Waals surface area contributed by atoms with Crippen LogP contribution in [0.3, 0.4) is 0 Å². The molecule has 0 saturated heterocycles. The summed E-state index contributed by atoms with van der Waals surface area (Å²) in [6, 6.07) is 27.7. The lowest BCUT2D eigenvalue weighted by Gasteiger charge is -2.48. The van der Waals surface area contributed by atoms with E-state index in [9.17, 15) is 0 Å².